The second-order valence-electron chi connectivity index (χ2n) is 6.56. The molecule has 0 fully saturated rings. The predicted octanol–water partition coefficient (Wildman–Crippen LogP) is 3.70. The van der Waals surface area contributed by atoms with Crippen molar-refractivity contribution < 1.29 is 9.53 Å². The van der Waals surface area contributed by atoms with Crippen molar-refractivity contribution in [3.63, 3.8) is 0 Å². The van der Waals surface area contributed by atoms with Gasteiger partial charge < -0.3 is 15.0 Å². The number of anilines is 1. The molecule has 2 aromatic carbocycles. The monoisotopic (exact) mass is 375 g/mol. The molecule has 144 valence electrons. The van der Waals surface area contributed by atoms with Gasteiger partial charge in [-0.15, -0.1) is 0 Å². The fraction of sp³-hybridized carbons (Fsp3) is 0.217. The van der Waals surface area contributed by atoms with Crippen LogP contribution in [0.5, 0.6) is 5.75 Å². The number of hydrogen-bond donors (Lipinski definition) is 1. The zero-order valence-electron chi connectivity index (χ0n) is 16.3. The van der Waals surface area contributed by atoms with E-state index in [0.29, 0.717) is 18.5 Å². The molecule has 0 saturated heterocycles. The van der Waals surface area contributed by atoms with Crippen molar-refractivity contribution in [3.05, 3.63) is 89.6 Å². The molecular weight excluding hydrogens is 350 g/mol. The summed E-state index contributed by atoms with van der Waals surface area (Å²) in [5.41, 5.74) is 2.84. The number of methoxy groups -OCH3 is 1. The van der Waals surface area contributed by atoms with Crippen LogP contribution in [0.4, 0.5) is 5.82 Å². The average molecular weight is 375 g/mol. The molecule has 1 aromatic heterocycles. The maximum Gasteiger partial charge on any atom is 0.252 e. The van der Waals surface area contributed by atoms with Gasteiger partial charge in [0.05, 0.1) is 12.7 Å². The molecule has 0 aliphatic carbocycles. The van der Waals surface area contributed by atoms with Gasteiger partial charge in [0.1, 0.15) is 11.6 Å². The van der Waals surface area contributed by atoms with E-state index in [4.69, 9.17) is 4.74 Å². The molecular formula is C23H25N3O2. The van der Waals surface area contributed by atoms with Crippen LogP contribution < -0.4 is 15.0 Å². The number of rotatable bonds is 8. The summed E-state index contributed by atoms with van der Waals surface area (Å²) in [6.45, 7) is 1.30. The Balaban J connectivity index is 1.53. The number of para-hydroxylation sites is 1. The number of hydrogen-bond acceptors (Lipinski definition) is 4. The van der Waals surface area contributed by atoms with Crippen molar-refractivity contribution in [2.45, 2.75) is 13.0 Å². The molecule has 1 N–H and O–H groups in total. The number of amides is 1. The van der Waals surface area contributed by atoms with Crippen LogP contribution in [0.3, 0.4) is 0 Å². The molecule has 0 bridgehead atoms. The highest BCUT2D eigenvalue weighted by Gasteiger charge is 2.09. The quantitative estimate of drug-likeness (QED) is 0.652. The summed E-state index contributed by atoms with van der Waals surface area (Å²) < 4.78 is 5.34. The number of pyridine rings is 1. The molecule has 0 unspecified atom stereocenters. The molecule has 0 aliphatic heterocycles. The van der Waals surface area contributed by atoms with Gasteiger partial charge in [0.2, 0.25) is 0 Å². The van der Waals surface area contributed by atoms with E-state index in [1.54, 1.807) is 13.3 Å². The Morgan fingerprint density at radius 2 is 1.79 bits per heavy atom. The molecule has 3 rings (SSSR count). The molecule has 0 radical (unpaired) electrons. The molecule has 1 heterocycles. The van der Waals surface area contributed by atoms with Crippen molar-refractivity contribution in [1.82, 2.24) is 10.3 Å². The lowest BCUT2D eigenvalue weighted by molar-refractivity contribution is 0.0953. The summed E-state index contributed by atoms with van der Waals surface area (Å²) in [4.78, 5) is 18.9. The lowest BCUT2D eigenvalue weighted by Crippen LogP contribution is -2.26. The van der Waals surface area contributed by atoms with Crippen molar-refractivity contribution in [1.29, 1.82) is 0 Å². The second kappa shape index (κ2) is 9.55. The zero-order valence-corrected chi connectivity index (χ0v) is 16.3. The number of aromatic nitrogens is 1. The minimum atomic E-state index is -0.125. The minimum Gasteiger partial charge on any atom is -0.496 e. The SMILES string of the molecule is COc1ccccc1CCNC(=O)c1ccc(N(C)Cc2ccccc2)nc1. The molecule has 5 heteroatoms. The normalized spacial score (nSPS) is 10.4. The smallest absolute Gasteiger partial charge is 0.252 e. The first-order chi connectivity index (χ1) is 13.7. The maximum atomic E-state index is 12.4. The second-order valence-corrected chi connectivity index (χ2v) is 6.56. The van der Waals surface area contributed by atoms with E-state index < -0.39 is 0 Å². The summed E-state index contributed by atoms with van der Waals surface area (Å²) in [5, 5.41) is 2.94. The molecule has 5 nitrogen and oxygen atoms in total. The van der Waals surface area contributed by atoms with Gasteiger partial charge in [-0.3, -0.25) is 4.79 Å². The predicted molar refractivity (Wildman–Crippen MR) is 112 cm³/mol. The third kappa shape index (κ3) is 5.10. The Morgan fingerprint density at radius 3 is 2.50 bits per heavy atom. The van der Waals surface area contributed by atoms with Crippen LogP contribution in [0.2, 0.25) is 0 Å². The van der Waals surface area contributed by atoms with Gasteiger partial charge in [-0.05, 0) is 35.7 Å². The topological polar surface area (TPSA) is 54.5 Å². The van der Waals surface area contributed by atoms with Gasteiger partial charge in [0.25, 0.3) is 5.91 Å². The van der Waals surface area contributed by atoms with Crippen molar-refractivity contribution >= 4 is 11.7 Å². The van der Waals surface area contributed by atoms with Crippen LogP contribution in [0.15, 0.2) is 72.9 Å². The van der Waals surface area contributed by atoms with Crippen molar-refractivity contribution in [2.24, 2.45) is 0 Å². The van der Waals surface area contributed by atoms with E-state index >= 15 is 0 Å². The summed E-state index contributed by atoms with van der Waals surface area (Å²) in [7, 11) is 3.64. The van der Waals surface area contributed by atoms with Crippen molar-refractivity contribution in [3.8, 4) is 5.75 Å². The molecule has 0 atom stereocenters. The Labute approximate surface area is 166 Å². The van der Waals surface area contributed by atoms with E-state index in [0.717, 1.165) is 23.7 Å². The molecule has 3 aromatic rings. The summed E-state index contributed by atoms with van der Waals surface area (Å²) in [6.07, 6.45) is 2.33. The van der Waals surface area contributed by atoms with Gasteiger partial charge in [-0.1, -0.05) is 48.5 Å². The van der Waals surface area contributed by atoms with E-state index in [-0.39, 0.29) is 5.91 Å². The number of nitrogens with zero attached hydrogens (tertiary/aromatic N) is 2. The summed E-state index contributed by atoms with van der Waals surface area (Å²) in [5.74, 6) is 1.54. The van der Waals surface area contributed by atoms with Crippen LogP contribution in [0.1, 0.15) is 21.5 Å². The average Bonchev–Trinajstić information content (AvgIpc) is 2.75. The van der Waals surface area contributed by atoms with Crippen LogP contribution in [-0.2, 0) is 13.0 Å². The Bertz CT molecular complexity index is 895. The number of ether oxygens (including phenoxy) is 1. The third-order valence-corrected chi connectivity index (χ3v) is 4.54. The van der Waals surface area contributed by atoms with Gasteiger partial charge in [0, 0.05) is 26.3 Å². The van der Waals surface area contributed by atoms with Gasteiger partial charge >= 0.3 is 0 Å². The van der Waals surface area contributed by atoms with E-state index in [1.165, 1.54) is 5.56 Å². The zero-order chi connectivity index (χ0) is 19.8. The van der Waals surface area contributed by atoms with Crippen molar-refractivity contribution in [2.75, 3.05) is 25.6 Å². The van der Waals surface area contributed by atoms with Crippen LogP contribution in [-0.4, -0.2) is 31.6 Å². The number of carbonyl (C=O) groups excluding carboxylic acids is 1. The Hall–Kier alpha value is -3.34. The maximum absolute atomic E-state index is 12.4. The van der Waals surface area contributed by atoms with Gasteiger partial charge in [0.15, 0.2) is 0 Å². The highest BCUT2D eigenvalue weighted by molar-refractivity contribution is 5.94. The first-order valence-corrected chi connectivity index (χ1v) is 9.28. The highest BCUT2D eigenvalue weighted by atomic mass is 16.5. The van der Waals surface area contributed by atoms with Crippen LogP contribution >= 0.6 is 0 Å². The first-order valence-electron chi connectivity index (χ1n) is 9.28. The standard InChI is InChI=1S/C23H25N3O2/c1-26(17-18-8-4-3-5-9-18)22-13-12-20(16-25-22)23(27)24-15-14-19-10-6-7-11-21(19)28-2/h3-13,16H,14-15,17H2,1-2H3,(H,24,27). The van der Waals surface area contributed by atoms with Gasteiger partial charge in [-0.25, -0.2) is 4.98 Å². The van der Waals surface area contributed by atoms with E-state index in [9.17, 15) is 4.79 Å². The molecule has 1 amide bonds. The Morgan fingerprint density at radius 1 is 1.04 bits per heavy atom. The number of benzene rings is 2. The van der Waals surface area contributed by atoms with Crippen LogP contribution in [0, 0.1) is 0 Å². The highest BCUT2D eigenvalue weighted by Crippen LogP contribution is 2.17. The first kappa shape index (κ1) is 19.4. The lowest BCUT2D eigenvalue weighted by Gasteiger charge is -2.18. The minimum absolute atomic E-state index is 0.125. The lowest BCUT2D eigenvalue weighted by atomic mass is 10.1. The third-order valence-electron chi connectivity index (χ3n) is 4.54. The Kier molecular flexibility index (Phi) is 6.63. The fourth-order valence-corrected chi connectivity index (χ4v) is 3.01. The molecule has 0 spiro atoms. The fourth-order valence-electron chi connectivity index (χ4n) is 3.01. The van der Waals surface area contributed by atoms with Gasteiger partial charge in [-0.2, -0.15) is 0 Å². The molecule has 0 aliphatic rings. The molecule has 0 saturated carbocycles. The molecule has 28 heavy (non-hydrogen) atoms. The number of carbonyl (C=O) groups is 1. The van der Waals surface area contributed by atoms with Crippen LogP contribution in [0.25, 0.3) is 0 Å². The summed E-state index contributed by atoms with van der Waals surface area (Å²) >= 11 is 0. The van der Waals surface area contributed by atoms with E-state index in [1.807, 2.05) is 61.6 Å². The summed E-state index contributed by atoms with van der Waals surface area (Å²) in [6, 6.07) is 21.7. The number of nitrogens with one attached hydrogen (secondary N) is 1. The largest absolute Gasteiger partial charge is 0.496 e. The van der Waals surface area contributed by atoms with E-state index in [2.05, 4.69) is 27.3 Å².